The molecule has 0 atom stereocenters. The first-order valence-electron chi connectivity index (χ1n) is 7.33. The zero-order valence-corrected chi connectivity index (χ0v) is 12.8. The number of hydrogen-bond donors (Lipinski definition) is 4. The van der Waals surface area contributed by atoms with Crippen LogP contribution in [0.5, 0.6) is 0 Å². The van der Waals surface area contributed by atoms with Gasteiger partial charge in [0.25, 0.3) is 16.1 Å². The summed E-state index contributed by atoms with van der Waals surface area (Å²) in [6, 6.07) is 0. The predicted molar refractivity (Wildman–Crippen MR) is 76.6 cm³/mol. The number of rotatable bonds is 13. The van der Waals surface area contributed by atoms with Crippen molar-refractivity contribution in [3.05, 3.63) is 0 Å². The summed E-state index contributed by atoms with van der Waals surface area (Å²) in [4.78, 5) is 0. The van der Waals surface area contributed by atoms with E-state index in [1.165, 1.54) is 0 Å². The van der Waals surface area contributed by atoms with Crippen LogP contribution in [0.4, 0.5) is 0 Å². The first-order chi connectivity index (χ1) is 9.21. The Kier molecular flexibility index (Phi) is 10.4. The quantitative estimate of drug-likeness (QED) is 0.234. The first-order valence-corrected chi connectivity index (χ1v) is 8.94. The highest BCUT2D eigenvalue weighted by Crippen LogP contribution is 2.13. The van der Waals surface area contributed by atoms with Gasteiger partial charge in [0.1, 0.15) is 0 Å². The summed E-state index contributed by atoms with van der Waals surface area (Å²) in [5.41, 5.74) is 0. The maximum absolute atomic E-state index is 10.5. The third-order valence-electron chi connectivity index (χ3n) is 3.16. The van der Waals surface area contributed by atoms with Gasteiger partial charge < -0.3 is 15.3 Å². The van der Waals surface area contributed by atoms with Crippen LogP contribution in [-0.4, -0.2) is 40.0 Å². The van der Waals surface area contributed by atoms with E-state index < -0.39 is 16.1 Å². The minimum atomic E-state index is -3.80. The van der Waals surface area contributed by atoms with E-state index >= 15 is 0 Å². The molecule has 4 N–H and O–H groups in total. The number of hydrogen-bond acceptors (Lipinski definition) is 5. The third kappa shape index (κ3) is 17.8. The zero-order chi connectivity index (χ0) is 15.5. The maximum atomic E-state index is 10.5. The molecule has 0 bridgehead atoms. The van der Waals surface area contributed by atoms with Gasteiger partial charge in [-0.05, 0) is 12.8 Å². The van der Waals surface area contributed by atoms with Crippen molar-refractivity contribution >= 4 is 10.1 Å². The number of unbranched alkanes of at least 4 members (excludes halogenated alkanes) is 9. The van der Waals surface area contributed by atoms with Crippen molar-refractivity contribution in [3.63, 3.8) is 0 Å². The lowest BCUT2D eigenvalue weighted by molar-refractivity contribution is -0.315. The summed E-state index contributed by atoms with van der Waals surface area (Å²) in [6.45, 7) is 0. The highest BCUT2D eigenvalue weighted by Gasteiger charge is 2.16. The smallest absolute Gasteiger partial charge is 0.275 e. The fraction of sp³-hybridized carbons (Fsp3) is 1.00. The summed E-state index contributed by atoms with van der Waals surface area (Å²) in [5.74, 6) is -2.67. The zero-order valence-electron chi connectivity index (χ0n) is 12.0. The summed E-state index contributed by atoms with van der Waals surface area (Å²) < 4.78 is 29.5. The molecular weight excluding hydrogens is 284 g/mol. The molecule has 0 heterocycles. The molecule has 7 heteroatoms. The van der Waals surface area contributed by atoms with E-state index in [0.29, 0.717) is 12.8 Å². The van der Waals surface area contributed by atoms with E-state index in [1.54, 1.807) is 0 Å². The molecule has 0 aliphatic rings. The van der Waals surface area contributed by atoms with Gasteiger partial charge in [0.15, 0.2) is 0 Å². The van der Waals surface area contributed by atoms with Crippen molar-refractivity contribution in [1.82, 2.24) is 0 Å². The SMILES string of the molecule is O=S(=O)(O)CCCCCCCCCCCCC(O)(O)O. The monoisotopic (exact) mass is 312 g/mol. The van der Waals surface area contributed by atoms with E-state index in [0.717, 1.165) is 51.4 Å². The lowest BCUT2D eigenvalue weighted by Crippen LogP contribution is -2.26. The number of aliphatic hydroxyl groups is 3. The highest BCUT2D eigenvalue weighted by atomic mass is 32.2. The van der Waals surface area contributed by atoms with Crippen molar-refractivity contribution in [2.75, 3.05) is 5.75 Å². The molecule has 0 amide bonds. The molecule has 0 radical (unpaired) electrons. The average Bonchev–Trinajstić information content (AvgIpc) is 2.27. The second-order valence-electron chi connectivity index (χ2n) is 5.35. The fourth-order valence-corrected chi connectivity index (χ4v) is 2.63. The van der Waals surface area contributed by atoms with E-state index in [-0.39, 0.29) is 12.2 Å². The van der Waals surface area contributed by atoms with E-state index in [9.17, 15) is 8.42 Å². The van der Waals surface area contributed by atoms with Crippen LogP contribution in [0.15, 0.2) is 0 Å². The largest absolute Gasteiger partial charge is 0.344 e. The van der Waals surface area contributed by atoms with Gasteiger partial charge in [-0.15, -0.1) is 0 Å². The molecule has 0 saturated carbocycles. The topological polar surface area (TPSA) is 115 Å². The Morgan fingerprint density at radius 3 is 1.35 bits per heavy atom. The van der Waals surface area contributed by atoms with E-state index in [1.807, 2.05) is 0 Å². The lowest BCUT2D eigenvalue weighted by Gasteiger charge is -2.12. The van der Waals surface area contributed by atoms with E-state index in [4.69, 9.17) is 19.9 Å². The Bertz CT molecular complexity index is 320. The average molecular weight is 312 g/mol. The predicted octanol–water partition coefficient (Wildman–Crippen LogP) is 1.80. The van der Waals surface area contributed by atoms with Gasteiger partial charge in [0.2, 0.25) is 0 Å². The Morgan fingerprint density at radius 1 is 0.650 bits per heavy atom. The Balaban J connectivity index is 3.14. The summed E-state index contributed by atoms with van der Waals surface area (Å²) in [6.07, 6.45) is 9.17. The van der Waals surface area contributed by atoms with Crippen LogP contribution in [0, 0.1) is 0 Å². The molecule has 0 aromatic rings. The summed E-state index contributed by atoms with van der Waals surface area (Å²) >= 11 is 0. The van der Waals surface area contributed by atoms with Crippen molar-refractivity contribution in [2.45, 2.75) is 76.6 Å². The van der Waals surface area contributed by atoms with Crippen LogP contribution in [0.1, 0.15) is 70.6 Å². The standard InChI is InChI=1S/C13H28O6S/c14-13(15,16)11-9-7-5-3-1-2-4-6-8-10-12-20(17,18)19/h14-16H,1-12H2,(H,17,18,19). The highest BCUT2D eigenvalue weighted by molar-refractivity contribution is 7.85. The molecule has 0 spiro atoms. The fourth-order valence-electron chi connectivity index (χ4n) is 2.06. The lowest BCUT2D eigenvalue weighted by atomic mass is 10.1. The molecule has 0 rings (SSSR count). The molecular formula is C13H28O6S. The molecule has 0 saturated heterocycles. The van der Waals surface area contributed by atoms with Gasteiger partial charge in [0.05, 0.1) is 5.75 Å². The molecule has 0 fully saturated rings. The minimum absolute atomic E-state index is 0.0131. The van der Waals surface area contributed by atoms with Gasteiger partial charge >= 0.3 is 0 Å². The minimum Gasteiger partial charge on any atom is -0.344 e. The molecule has 0 aromatic heterocycles. The van der Waals surface area contributed by atoms with Crippen LogP contribution in [-0.2, 0) is 10.1 Å². The van der Waals surface area contributed by atoms with Crippen molar-refractivity contribution in [2.24, 2.45) is 0 Å². The Hall–Kier alpha value is -0.210. The molecule has 0 aliphatic heterocycles. The Morgan fingerprint density at radius 2 is 1.00 bits per heavy atom. The molecule has 0 unspecified atom stereocenters. The van der Waals surface area contributed by atoms with Gasteiger partial charge in [-0.2, -0.15) is 8.42 Å². The van der Waals surface area contributed by atoms with Crippen LogP contribution >= 0.6 is 0 Å². The van der Waals surface area contributed by atoms with Gasteiger partial charge in [-0.3, -0.25) is 4.55 Å². The van der Waals surface area contributed by atoms with Crippen molar-refractivity contribution < 1.29 is 28.3 Å². The van der Waals surface area contributed by atoms with Gasteiger partial charge in [0, 0.05) is 6.42 Å². The van der Waals surface area contributed by atoms with E-state index in [2.05, 4.69) is 0 Å². The molecule has 0 aromatic carbocycles. The van der Waals surface area contributed by atoms with Crippen LogP contribution in [0.2, 0.25) is 0 Å². The van der Waals surface area contributed by atoms with Crippen LogP contribution in [0.25, 0.3) is 0 Å². The molecule has 0 aliphatic carbocycles. The molecule has 6 nitrogen and oxygen atoms in total. The normalized spacial score (nSPS) is 12.8. The molecule has 20 heavy (non-hydrogen) atoms. The third-order valence-corrected chi connectivity index (χ3v) is 3.97. The summed E-state index contributed by atoms with van der Waals surface area (Å²) in [5, 5.41) is 26.0. The van der Waals surface area contributed by atoms with Crippen molar-refractivity contribution in [1.29, 1.82) is 0 Å². The second kappa shape index (κ2) is 10.5. The van der Waals surface area contributed by atoms with Crippen molar-refractivity contribution in [3.8, 4) is 0 Å². The summed E-state index contributed by atoms with van der Waals surface area (Å²) in [7, 11) is -3.80. The Labute approximate surface area is 121 Å². The van der Waals surface area contributed by atoms with Crippen LogP contribution in [0.3, 0.4) is 0 Å². The maximum Gasteiger partial charge on any atom is 0.275 e. The van der Waals surface area contributed by atoms with Crippen LogP contribution < -0.4 is 0 Å². The molecule has 122 valence electrons. The second-order valence-corrected chi connectivity index (χ2v) is 6.92. The van der Waals surface area contributed by atoms with Gasteiger partial charge in [-0.1, -0.05) is 51.4 Å². The first kappa shape index (κ1) is 19.8. The van der Waals surface area contributed by atoms with Gasteiger partial charge in [-0.25, -0.2) is 0 Å².